The first-order valence-corrected chi connectivity index (χ1v) is 8.10. The fourth-order valence-corrected chi connectivity index (χ4v) is 2.47. The van der Waals surface area contributed by atoms with Crippen LogP contribution in [0, 0.1) is 13.8 Å². The average molecular weight is 311 g/mol. The van der Waals surface area contributed by atoms with Gasteiger partial charge in [0.1, 0.15) is 5.75 Å². The highest BCUT2D eigenvalue weighted by Gasteiger charge is 2.12. The van der Waals surface area contributed by atoms with Gasteiger partial charge in [0.25, 0.3) is 5.91 Å². The number of carbonyl (C=O) groups is 1. The molecule has 3 nitrogen and oxygen atoms in total. The normalized spacial score (nSPS) is 11.8. The van der Waals surface area contributed by atoms with Crippen LogP contribution in [0.15, 0.2) is 42.5 Å². The molecule has 0 radical (unpaired) electrons. The van der Waals surface area contributed by atoms with Crippen LogP contribution in [0.5, 0.6) is 5.75 Å². The van der Waals surface area contributed by atoms with Gasteiger partial charge in [-0.3, -0.25) is 4.79 Å². The lowest BCUT2D eigenvalue weighted by atomic mass is 9.97. The second-order valence-electron chi connectivity index (χ2n) is 5.93. The van der Waals surface area contributed by atoms with Crippen LogP contribution in [0.25, 0.3) is 0 Å². The maximum atomic E-state index is 12.2. The number of carbonyl (C=O) groups excluding carboxylic acids is 1. The molecule has 0 aliphatic rings. The van der Waals surface area contributed by atoms with Crippen LogP contribution in [0.2, 0.25) is 0 Å². The molecule has 2 aromatic carbocycles. The summed E-state index contributed by atoms with van der Waals surface area (Å²) in [5.41, 5.74) is 4.26. The molecular weight excluding hydrogens is 286 g/mol. The van der Waals surface area contributed by atoms with E-state index >= 15 is 0 Å². The molecule has 122 valence electrons. The van der Waals surface area contributed by atoms with E-state index in [0.717, 1.165) is 34.5 Å². The lowest BCUT2D eigenvalue weighted by Crippen LogP contribution is -2.21. The number of aryl methyl sites for hydroxylation is 1. The Morgan fingerprint density at radius 1 is 1.13 bits per heavy atom. The third-order valence-corrected chi connectivity index (χ3v) is 4.29. The minimum atomic E-state index is -0.137. The molecule has 2 rings (SSSR count). The number of anilines is 1. The van der Waals surface area contributed by atoms with Gasteiger partial charge >= 0.3 is 0 Å². The van der Waals surface area contributed by atoms with Gasteiger partial charge in [-0.25, -0.2) is 0 Å². The lowest BCUT2D eigenvalue weighted by molar-refractivity contribution is -0.118. The smallest absolute Gasteiger partial charge is 0.262 e. The zero-order valence-corrected chi connectivity index (χ0v) is 14.3. The van der Waals surface area contributed by atoms with Crippen LogP contribution in [0.1, 0.15) is 42.9 Å². The Hall–Kier alpha value is -2.29. The first-order valence-electron chi connectivity index (χ1n) is 8.10. The van der Waals surface area contributed by atoms with Gasteiger partial charge in [-0.15, -0.1) is 0 Å². The highest BCUT2D eigenvalue weighted by Crippen LogP contribution is 2.26. The zero-order valence-electron chi connectivity index (χ0n) is 14.3. The lowest BCUT2D eigenvalue weighted by Gasteiger charge is -2.16. The summed E-state index contributed by atoms with van der Waals surface area (Å²) in [6.45, 7) is 8.36. The molecule has 23 heavy (non-hydrogen) atoms. The van der Waals surface area contributed by atoms with Crippen molar-refractivity contribution < 1.29 is 9.53 Å². The van der Waals surface area contributed by atoms with Crippen LogP contribution in [0.4, 0.5) is 5.69 Å². The maximum Gasteiger partial charge on any atom is 0.262 e. The molecule has 0 bridgehead atoms. The van der Waals surface area contributed by atoms with E-state index < -0.39 is 0 Å². The van der Waals surface area contributed by atoms with E-state index in [-0.39, 0.29) is 12.5 Å². The third kappa shape index (κ3) is 4.35. The highest BCUT2D eigenvalue weighted by atomic mass is 16.5. The number of benzene rings is 2. The largest absolute Gasteiger partial charge is 0.483 e. The summed E-state index contributed by atoms with van der Waals surface area (Å²) in [5.74, 6) is 1.03. The molecule has 0 heterocycles. The van der Waals surface area contributed by atoms with Crippen molar-refractivity contribution in [2.75, 3.05) is 11.9 Å². The standard InChI is InChI=1S/C20H25NO2/c1-5-14(2)17-10-6-7-11-18(17)21-20(22)13-23-19-12-8-9-15(3)16(19)4/h6-12,14H,5,13H2,1-4H3,(H,21,22)/t14-/m0/s1. The molecule has 2 aromatic rings. The van der Waals surface area contributed by atoms with Gasteiger partial charge in [0.2, 0.25) is 0 Å². The van der Waals surface area contributed by atoms with Gasteiger partial charge in [-0.2, -0.15) is 0 Å². The molecule has 1 atom stereocenters. The Morgan fingerprint density at radius 3 is 2.61 bits per heavy atom. The molecule has 1 amide bonds. The summed E-state index contributed by atoms with van der Waals surface area (Å²) in [4.78, 5) is 12.2. The number of nitrogens with one attached hydrogen (secondary N) is 1. The quantitative estimate of drug-likeness (QED) is 0.829. The van der Waals surface area contributed by atoms with Gasteiger partial charge in [0, 0.05) is 5.69 Å². The van der Waals surface area contributed by atoms with E-state index in [1.165, 1.54) is 0 Å². The topological polar surface area (TPSA) is 38.3 Å². The number of ether oxygens (including phenoxy) is 1. The molecule has 0 unspecified atom stereocenters. The summed E-state index contributed by atoms with van der Waals surface area (Å²) in [6, 6.07) is 13.8. The minimum absolute atomic E-state index is 0.0130. The van der Waals surface area contributed by atoms with Crippen molar-refractivity contribution in [1.82, 2.24) is 0 Å². The molecular formula is C20H25NO2. The Balaban J connectivity index is 2.02. The molecule has 1 N–H and O–H groups in total. The van der Waals surface area contributed by atoms with E-state index in [0.29, 0.717) is 5.92 Å². The van der Waals surface area contributed by atoms with Crippen LogP contribution < -0.4 is 10.1 Å². The van der Waals surface area contributed by atoms with Gasteiger partial charge in [0.05, 0.1) is 0 Å². The predicted molar refractivity (Wildman–Crippen MR) is 95.2 cm³/mol. The van der Waals surface area contributed by atoms with Crippen LogP contribution >= 0.6 is 0 Å². The average Bonchev–Trinajstić information content (AvgIpc) is 2.56. The van der Waals surface area contributed by atoms with Gasteiger partial charge in [-0.05, 0) is 55.0 Å². The Kier molecular flexibility index (Phi) is 5.80. The Morgan fingerprint density at radius 2 is 1.87 bits per heavy atom. The molecule has 0 aromatic heterocycles. The van der Waals surface area contributed by atoms with Crippen LogP contribution in [0.3, 0.4) is 0 Å². The number of hydrogen-bond donors (Lipinski definition) is 1. The van der Waals surface area contributed by atoms with Gasteiger partial charge in [-0.1, -0.05) is 44.2 Å². The maximum absolute atomic E-state index is 12.2. The molecule has 0 saturated heterocycles. The SMILES string of the molecule is CC[C@H](C)c1ccccc1NC(=O)COc1cccc(C)c1C. The highest BCUT2D eigenvalue weighted by molar-refractivity contribution is 5.92. The number of hydrogen-bond acceptors (Lipinski definition) is 2. The molecule has 0 saturated carbocycles. The monoisotopic (exact) mass is 311 g/mol. The Bertz CT molecular complexity index is 679. The van der Waals surface area contributed by atoms with E-state index in [9.17, 15) is 4.79 Å². The van der Waals surface area contributed by atoms with Crippen molar-refractivity contribution in [2.45, 2.75) is 40.0 Å². The fourth-order valence-electron chi connectivity index (χ4n) is 2.47. The first-order chi connectivity index (χ1) is 11.0. The van der Waals surface area contributed by atoms with Crippen LogP contribution in [-0.2, 0) is 4.79 Å². The third-order valence-electron chi connectivity index (χ3n) is 4.29. The summed E-state index contributed by atoms with van der Waals surface area (Å²) in [7, 11) is 0. The van der Waals surface area contributed by atoms with Crippen molar-refractivity contribution in [3.05, 3.63) is 59.2 Å². The molecule has 0 fully saturated rings. The summed E-state index contributed by atoms with van der Waals surface area (Å²) >= 11 is 0. The molecule has 3 heteroatoms. The summed E-state index contributed by atoms with van der Waals surface area (Å²) < 4.78 is 5.67. The summed E-state index contributed by atoms with van der Waals surface area (Å²) in [5, 5.41) is 2.97. The van der Waals surface area contributed by atoms with Crippen molar-refractivity contribution in [3.63, 3.8) is 0 Å². The summed E-state index contributed by atoms with van der Waals surface area (Å²) in [6.07, 6.45) is 1.03. The Labute approximate surface area is 138 Å². The minimum Gasteiger partial charge on any atom is -0.483 e. The van der Waals surface area contributed by atoms with E-state index in [1.54, 1.807) is 0 Å². The van der Waals surface area contributed by atoms with Crippen molar-refractivity contribution in [2.24, 2.45) is 0 Å². The molecule has 0 aliphatic heterocycles. The van der Waals surface area contributed by atoms with Gasteiger partial charge < -0.3 is 10.1 Å². The first kappa shape index (κ1) is 17.1. The second kappa shape index (κ2) is 7.82. The van der Waals surface area contributed by atoms with E-state index in [4.69, 9.17) is 4.74 Å². The number of para-hydroxylation sites is 1. The van der Waals surface area contributed by atoms with Crippen molar-refractivity contribution >= 4 is 11.6 Å². The van der Waals surface area contributed by atoms with Crippen molar-refractivity contribution in [3.8, 4) is 5.75 Å². The predicted octanol–water partition coefficient (Wildman–Crippen LogP) is 4.83. The molecule has 0 spiro atoms. The molecule has 0 aliphatic carbocycles. The van der Waals surface area contributed by atoms with Crippen molar-refractivity contribution in [1.29, 1.82) is 0 Å². The van der Waals surface area contributed by atoms with E-state index in [1.807, 2.05) is 50.2 Å². The zero-order chi connectivity index (χ0) is 16.8. The van der Waals surface area contributed by atoms with Crippen LogP contribution in [-0.4, -0.2) is 12.5 Å². The second-order valence-corrected chi connectivity index (χ2v) is 5.93. The number of rotatable bonds is 6. The van der Waals surface area contributed by atoms with E-state index in [2.05, 4.69) is 25.2 Å². The number of amides is 1. The fraction of sp³-hybridized carbons (Fsp3) is 0.350. The van der Waals surface area contributed by atoms with Gasteiger partial charge in [0.15, 0.2) is 6.61 Å².